The number of carboxylic acids is 8. The van der Waals surface area contributed by atoms with Crippen LogP contribution in [0.15, 0.2) is 0 Å². The molecule has 0 aromatic heterocycles. The minimum atomic E-state index is -4.25. The summed E-state index contributed by atoms with van der Waals surface area (Å²) in [6.07, 6.45) is 0.450. The second kappa shape index (κ2) is 30.9. The highest BCUT2D eigenvalue weighted by molar-refractivity contribution is 7.52. The highest BCUT2D eigenvalue weighted by Gasteiger charge is 2.27. The Balaban J connectivity index is -0.000000771. The zero-order valence-corrected chi connectivity index (χ0v) is 32.3. The third kappa shape index (κ3) is 41.3. The minimum absolute atomic E-state index is 0.0703. The molecule has 0 saturated heterocycles. The Bertz CT molecular complexity index is 1190. The van der Waals surface area contributed by atoms with Crippen LogP contribution in [0.4, 0.5) is 0 Å². The summed E-state index contributed by atoms with van der Waals surface area (Å²) in [5.74, 6) is -10.8. The Morgan fingerprint density at radius 3 is 0.895 bits per heavy atom. The van der Waals surface area contributed by atoms with Gasteiger partial charge in [-0.3, -0.25) is 67.1 Å². The van der Waals surface area contributed by atoms with Crippen molar-refractivity contribution >= 4 is 62.9 Å². The van der Waals surface area contributed by atoms with Gasteiger partial charge in [0.2, 0.25) is 0 Å². The Hall–Kier alpha value is -4.18. The van der Waals surface area contributed by atoms with Gasteiger partial charge < -0.3 is 71.5 Å². The number of carbonyl (C=O) groups is 8. The van der Waals surface area contributed by atoms with E-state index < -0.39 is 121 Å². The van der Waals surface area contributed by atoms with E-state index in [4.69, 9.17) is 66.2 Å². The molecule has 30 heteroatoms. The number of carboxylic acid groups (broad SMARTS) is 8. The van der Waals surface area contributed by atoms with Gasteiger partial charge in [0.05, 0.1) is 52.4 Å². The molecule has 28 nitrogen and oxygen atoms in total. The Kier molecular flexibility index (Phi) is 31.0. The Morgan fingerprint density at radius 1 is 0.474 bits per heavy atom. The van der Waals surface area contributed by atoms with E-state index in [2.05, 4.69) is 5.32 Å². The summed E-state index contributed by atoms with van der Waals surface area (Å²) in [7, 11) is -8.27. The third-order valence-corrected chi connectivity index (χ3v) is 8.59. The van der Waals surface area contributed by atoms with E-state index in [1.165, 1.54) is 0 Å². The lowest BCUT2D eigenvalue weighted by molar-refractivity contribution is -0.145. The van der Waals surface area contributed by atoms with Gasteiger partial charge in [0.1, 0.15) is 5.78 Å². The average molecular weight is 875 g/mol. The van der Waals surface area contributed by atoms with E-state index in [1.54, 1.807) is 0 Å². The van der Waals surface area contributed by atoms with Crippen molar-refractivity contribution in [2.75, 3.05) is 97.8 Å². The number of nitrogens with two attached hydrogens (primary N) is 1. The highest BCUT2D eigenvalue weighted by atomic mass is 31.2. The molecular formula is C27H52N6O22P2. The summed E-state index contributed by atoms with van der Waals surface area (Å²) in [5, 5.41) is 71.6. The molecular weight excluding hydrogens is 822 g/mol. The molecule has 0 fully saturated rings. The summed E-state index contributed by atoms with van der Waals surface area (Å²) in [4.78, 5) is 124. The molecule has 0 amide bonds. The molecule has 0 rings (SSSR count). The maximum Gasteiger partial charge on any atom is 0.342 e. The summed E-state index contributed by atoms with van der Waals surface area (Å²) in [6.45, 7) is -3.95. The maximum absolute atomic E-state index is 11.1. The standard InChI is InChI=1S/2C10H16N2O8.C7H20N2O6P2/c2*13-7(14)3-11(4-8(15)16)1-2-12(5-9(17)18)6-10(19)20;8-4-5-9-7(17(13,14)15)3-1-2-6-16(10,11)12/h2*1-6H2,(H,13,14)(H,15,16)(H,17,18)(H,19,20);7,9H,1-6,8H2,(H2,10,11,12)(H2,13,14,15). The summed E-state index contributed by atoms with van der Waals surface area (Å²) in [5.41, 5.74) is 5.21. The van der Waals surface area contributed by atoms with E-state index in [-0.39, 0.29) is 58.3 Å². The predicted octanol–water partition coefficient (Wildman–Crippen LogP) is -4.76. The summed E-state index contributed by atoms with van der Waals surface area (Å²) < 4.78 is 21.6. The second-order valence-electron chi connectivity index (χ2n) is 11.7. The molecule has 15 N–H and O–H groups in total. The van der Waals surface area contributed by atoms with E-state index in [1.807, 2.05) is 0 Å². The molecule has 0 saturated carbocycles. The summed E-state index contributed by atoms with van der Waals surface area (Å²) >= 11 is 0. The quantitative estimate of drug-likeness (QED) is 0.0230. The number of unbranched alkanes of at least 4 members (excludes halogenated alkanes) is 1. The predicted molar refractivity (Wildman–Crippen MR) is 190 cm³/mol. The van der Waals surface area contributed by atoms with Gasteiger partial charge in [-0.2, -0.15) is 0 Å². The van der Waals surface area contributed by atoms with Crippen LogP contribution in [0.2, 0.25) is 0 Å². The van der Waals surface area contributed by atoms with E-state index >= 15 is 0 Å². The lowest BCUT2D eigenvalue weighted by atomic mass is 10.2. The van der Waals surface area contributed by atoms with Crippen LogP contribution in [0.25, 0.3) is 0 Å². The lowest BCUT2D eigenvalue weighted by Gasteiger charge is -2.23. The van der Waals surface area contributed by atoms with Crippen molar-refractivity contribution in [1.29, 1.82) is 0 Å². The molecule has 1 unspecified atom stereocenters. The molecule has 0 spiro atoms. The van der Waals surface area contributed by atoms with Crippen LogP contribution < -0.4 is 11.1 Å². The van der Waals surface area contributed by atoms with Crippen LogP contribution >= 0.6 is 15.2 Å². The van der Waals surface area contributed by atoms with Gasteiger partial charge in [0.15, 0.2) is 0 Å². The maximum atomic E-state index is 11.1. The number of nitrogens with zero attached hydrogens (tertiary/aromatic N) is 4. The topological polar surface area (TPSA) is 464 Å². The molecule has 332 valence electrons. The van der Waals surface area contributed by atoms with Crippen molar-refractivity contribution in [2.45, 2.75) is 25.0 Å². The van der Waals surface area contributed by atoms with Gasteiger partial charge in [-0.15, -0.1) is 0 Å². The first-order valence-electron chi connectivity index (χ1n) is 16.2. The van der Waals surface area contributed by atoms with Gasteiger partial charge >= 0.3 is 62.9 Å². The largest absolute Gasteiger partial charge is 0.480 e. The van der Waals surface area contributed by atoms with Crippen LogP contribution in [-0.2, 0) is 47.5 Å². The molecule has 0 aliphatic heterocycles. The van der Waals surface area contributed by atoms with Crippen molar-refractivity contribution < 1.29 is 108 Å². The normalized spacial score (nSPS) is 11.9. The molecule has 0 aromatic carbocycles. The first kappa shape index (κ1) is 57.1. The molecule has 0 heterocycles. The number of hydrogen-bond donors (Lipinski definition) is 14. The van der Waals surface area contributed by atoms with Crippen LogP contribution in [0.1, 0.15) is 19.3 Å². The molecule has 1 atom stereocenters. The van der Waals surface area contributed by atoms with E-state index in [0.29, 0.717) is 6.42 Å². The Labute approximate surface area is 324 Å². The molecule has 0 aromatic rings. The van der Waals surface area contributed by atoms with Crippen LogP contribution in [0.5, 0.6) is 0 Å². The second-order valence-corrected chi connectivity index (χ2v) is 15.3. The van der Waals surface area contributed by atoms with E-state index in [0.717, 1.165) is 19.6 Å². The molecule has 0 bridgehead atoms. The fraction of sp³-hybridized carbons (Fsp3) is 0.704. The lowest BCUT2D eigenvalue weighted by Crippen LogP contribution is -2.43. The van der Waals surface area contributed by atoms with Gasteiger partial charge in [0, 0.05) is 45.4 Å². The third-order valence-electron chi connectivity index (χ3n) is 6.44. The minimum Gasteiger partial charge on any atom is -0.480 e. The molecule has 0 radical (unpaired) electrons. The fourth-order valence-electron chi connectivity index (χ4n) is 4.25. The SMILES string of the molecule is NCCNC(CCCCP(=O)(O)O)P(=O)(O)O.O=C(O)CN(CCN(CC(=O)O)CC(=O)O)CC(=O)O.O=C(O)CN(CCN(CC(=O)O)CC(=O)O)CC(=O)O. The molecule has 57 heavy (non-hydrogen) atoms. The van der Waals surface area contributed by atoms with E-state index in [9.17, 15) is 47.5 Å². The van der Waals surface area contributed by atoms with Gasteiger partial charge in [-0.05, 0) is 12.8 Å². The van der Waals surface area contributed by atoms with Crippen LogP contribution in [0, 0.1) is 0 Å². The first-order chi connectivity index (χ1) is 26.1. The van der Waals surface area contributed by atoms with Crippen molar-refractivity contribution in [2.24, 2.45) is 5.73 Å². The monoisotopic (exact) mass is 874 g/mol. The molecule has 0 aliphatic rings. The van der Waals surface area contributed by atoms with Gasteiger partial charge in [0.25, 0.3) is 0 Å². The van der Waals surface area contributed by atoms with Gasteiger partial charge in [-0.1, -0.05) is 6.42 Å². The number of nitrogens with one attached hydrogen (secondary N) is 1. The molecule has 0 aliphatic carbocycles. The van der Waals surface area contributed by atoms with Crippen LogP contribution in [0.3, 0.4) is 0 Å². The average Bonchev–Trinajstić information content (AvgIpc) is 2.99. The number of hydrogen-bond acceptors (Lipinski definition) is 16. The highest BCUT2D eigenvalue weighted by Crippen LogP contribution is 2.42. The van der Waals surface area contributed by atoms with Crippen molar-refractivity contribution in [3.8, 4) is 0 Å². The van der Waals surface area contributed by atoms with Crippen molar-refractivity contribution in [3.05, 3.63) is 0 Å². The first-order valence-corrected chi connectivity index (χ1v) is 19.7. The van der Waals surface area contributed by atoms with Crippen molar-refractivity contribution in [3.63, 3.8) is 0 Å². The zero-order chi connectivity index (χ0) is 44.9. The summed E-state index contributed by atoms with van der Waals surface area (Å²) in [6, 6.07) is 0. The zero-order valence-electron chi connectivity index (χ0n) is 30.5. The van der Waals surface area contributed by atoms with Gasteiger partial charge in [-0.25, -0.2) is 0 Å². The van der Waals surface area contributed by atoms with Crippen LogP contribution in [-0.4, -0.2) is 231 Å². The number of rotatable bonds is 31. The number of aliphatic carboxylic acids is 8. The smallest absolute Gasteiger partial charge is 0.342 e. The fourth-order valence-corrected chi connectivity index (χ4v) is 5.77. The Morgan fingerprint density at radius 2 is 0.719 bits per heavy atom. The van der Waals surface area contributed by atoms with Crippen molar-refractivity contribution in [1.82, 2.24) is 24.9 Å².